The number of hydrogen-bond acceptors (Lipinski definition) is 4. The maximum absolute atomic E-state index is 10.8. The SMILES string of the molecule is COC(=O)CCCOc1ccc(C(C)O)cc1. The molecule has 0 radical (unpaired) electrons. The third kappa shape index (κ3) is 4.87. The summed E-state index contributed by atoms with van der Waals surface area (Å²) in [5.41, 5.74) is 0.854. The second-order valence-corrected chi connectivity index (χ2v) is 3.77. The Bertz CT molecular complexity index is 343. The zero-order valence-electron chi connectivity index (χ0n) is 10.2. The molecule has 0 aliphatic carbocycles. The summed E-state index contributed by atoms with van der Waals surface area (Å²) < 4.78 is 9.97. The van der Waals surface area contributed by atoms with Crippen LogP contribution >= 0.6 is 0 Å². The van der Waals surface area contributed by atoms with E-state index >= 15 is 0 Å². The Kier molecular flexibility index (Phi) is 5.49. The molecule has 0 fully saturated rings. The molecule has 4 nitrogen and oxygen atoms in total. The monoisotopic (exact) mass is 238 g/mol. The Labute approximate surface area is 101 Å². The van der Waals surface area contributed by atoms with E-state index in [4.69, 9.17) is 4.74 Å². The first kappa shape index (κ1) is 13.5. The van der Waals surface area contributed by atoms with Crippen molar-refractivity contribution >= 4 is 5.97 Å². The molecule has 0 spiro atoms. The van der Waals surface area contributed by atoms with Gasteiger partial charge in [-0.2, -0.15) is 0 Å². The van der Waals surface area contributed by atoms with Crippen molar-refractivity contribution in [1.82, 2.24) is 0 Å². The molecule has 1 rings (SSSR count). The van der Waals surface area contributed by atoms with Crippen LogP contribution in [-0.4, -0.2) is 24.8 Å². The number of methoxy groups -OCH3 is 1. The van der Waals surface area contributed by atoms with E-state index in [0.717, 1.165) is 11.3 Å². The van der Waals surface area contributed by atoms with Crippen LogP contribution < -0.4 is 4.74 Å². The highest BCUT2D eigenvalue weighted by Gasteiger charge is 2.02. The highest BCUT2D eigenvalue weighted by molar-refractivity contribution is 5.69. The van der Waals surface area contributed by atoms with Crippen LogP contribution in [0.2, 0.25) is 0 Å². The van der Waals surface area contributed by atoms with Gasteiger partial charge in [-0.25, -0.2) is 0 Å². The van der Waals surface area contributed by atoms with E-state index < -0.39 is 6.10 Å². The molecule has 1 aromatic rings. The fourth-order valence-electron chi connectivity index (χ4n) is 1.35. The molecule has 94 valence electrons. The Morgan fingerprint density at radius 1 is 1.35 bits per heavy atom. The molecular weight excluding hydrogens is 220 g/mol. The van der Waals surface area contributed by atoms with Crippen LogP contribution in [0.25, 0.3) is 0 Å². The van der Waals surface area contributed by atoms with Crippen molar-refractivity contribution in [2.45, 2.75) is 25.9 Å². The van der Waals surface area contributed by atoms with Gasteiger partial charge in [-0.3, -0.25) is 4.79 Å². The second kappa shape index (κ2) is 6.91. The number of hydrogen-bond donors (Lipinski definition) is 1. The molecule has 0 bridgehead atoms. The summed E-state index contributed by atoms with van der Waals surface area (Å²) in [4.78, 5) is 10.8. The van der Waals surface area contributed by atoms with Gasteiger partial charge < -0.3 is 14.6 Å². The Hall–Kier alpha value is -1.55. The third-order valence-corrected chi connectivity index (χ3v) is 2.38. The van der Waals surface area contributed by atoms with Gasteiger partial charge >= 0.3 is 5.97 Å². The zero-order chi connectivity index (χ0) is 12.7. The smallest absolute Gasteiger partial charge is 0.305 e. The molecule has 0 saturated heterocycles. The molecule has 17 heavy (non-hydrogen) atoms. The van der Waals surface area contributed by atoms with Gasteiger partial charge in [-0.1, -0.05) is 12.1 Å². The summed E-state index contributed by atoms with van der Waals surface area (Å²) in [6.07, 6.45) is 0.524. The van der Waals surface area contributed by atoms with E-state index in [9.17, 15) is 9.90 Å². The molecule has 0 heterocycles. The van der Waals surface area contributed by atoms with E-state index in [1.165, 1.54) is 7.11 Å². The maximum atomic E-state index is 10.8. The first-order valence-electron chi connectivity index (χ1n) is 5.61. The van der Waals surface area contributed by atoms with Gasteiger partial charge in [0.25, 0.3) is 0 Å². The molecule has 0 saturated carbocycles. The van der Waals surface area contributed by atoms with Gasteiger partial charge in [0.2, 0.25) is 0 Å². The van der Waals surface area contributed by atoms with Gasteiger partial charge in [0.15, 0.2) is 0 Å². The summed E-state index contributed by atoms with van der Waals surface area (Å²) in [5.74, 6) is 0.511. The molecule has 0 aromatic heterocycles. The van der Waals surface area contributed by atoms with Gasteiger partial charge in [-0.05, 0) is 31.0 Å². The molecular formula is C13H18O4. The summed E-state index contributed by atoms with van der Waals surface area (Å²) in [7, 11) is 1.37. The highest BCUT2D eigenvalue weighted by Crippen LogP contribution is 2.17. The number of aliphatic hydroxyl groups is 1. The number of esters is 1. The molecule has 4 heteroatoms. The van der Waals surface area contributed by atoms with Crippen LogP contribution in [0, 0.1) is 0 Å². The summed E-state index contributed by atoms with van der Waals surface area (Å²) in [6, 6.07) is 7.25. The predicted molar refractivity (Wildman–Crippen MR) is 63.8 cm³/mol. The third-order valence-electron chi connectivity index (χ3n) is 2.38. The minimum atomic E-state index is -0.469. The van der Waals surface area contributed by atoms with Crippen molar-refractivity contribution in [2.75, 3.05) is 13.7 Å². The van der Waals surface area contributed by atoms with Crippen molar-refractivity contribution in [3.63, 3.8) is 0 Å². The summed E-state index contributed by atoms with van der Waals surface area (Å²) >= 11 is 0. The van der Waals surface area contributed by atoms with Crippen molar-refractivity contribution in [3.05, 3.63) is 29.8 Å². The van der Waals surface area contributed by atoms with Crippen molar-refractivity contribution in [3.8, 4) is 5.75 Å². The topological polar surface area (TPSA) is 55.8 Å². The normalized spacial score (nSPS) is 11.9. The van der Waals surface area contributed by atoms with E-state index in [1.54, 1.807) is 19.1 Å². The first-order chi connectivity index (χ1) is 8.13. The molecule has 0 amide bonds. The lowest BCUT2D eigenvalue weighted by atomic mass is 10.1. The molecule has 0 aliphatic heterocycles. The fraction of sp³-hybridized carbons (Fsp3) is 0.462. The summed E-state index contributed by atoms with van der Waals surface area (Å²) in [6.45, 7) is 2.19. The molecule has 1 N–H and O–H groups in total. The van der Waals surface area contributed by atoms with Crippen molar-refractivity contribution in [2.24, 2.45) is 0 Å². The lowest BCUT2D eigenvalue weighted by Gasteiger charge is -2.08. The largest absolute Gasteiger partial charge is 0.494 e. The number of ether oxygens (including phenoxy) is 2. The minimum absolute atomic E-state index is 0.224. The predicted octanol–water partition coefficient (Wildman–Crippen LogP) is 2.07. The van der Waals surface area contributed by atoms with E-state index in [1.807, 2.05) is 12.1 Å². The number of carbonyl (C=O) groups is 1. The molecule has 0 aliphatic rings. The summed E-state index contributed by atoms with van der Waals surface area (Å²) in [5, 5.41) is 9.32. The highest BCUT2D eigenvalue weighted by atomic mass is 16.5. The van der Waals surface area contributed by atoms with Gasteiger partial charge in [0.1, 0.15) is 5.75 Å². The van der Waals surface area contributed by atoms with Gasteiger partial charge in [0, 0.05) is 6.42 Å². The van der Waals surface area contributed by atoms with E-state index in [0.29, 0.717) is 19.4 Å². The standard InChI is InChI=1S/C13H18O4/c1-10(14)11-5-7-12(8-6-11)17-9-3-4-13(15)16-2/h5-8,10,14H,3-4,9H2,1-2H3. The number of benzene rings is 1. The van der Waals surface area contributed by atoms with Crippen LogP contribution in [0.4, 0.5) is 0 Å². The van der Waals surface area contributed by atoms with Gasteiger partial charge in [-0.15, -0.1) is 0 Å². The van der Waals surface area contributed by atoms with Crippen LogP contribution in [-0.2, 0) is 9.53 Å². The van der Waals surface area contributed by atoms with Crippen molar-refractivity contribution < 1.29 is 19.4 Å². The number of rotatable bonds is 6. The maximum Gasteiger partial charge on any atom is 0.305 e. The Morgan fingerprint density at radius 3 is 2.53 bits per heavy atom. The minimum Gasteiger partial charge on any atom is -0.494 e. The van der Waals surface area contributed by atoms with E-state index in [2.05, 4.69) is 4.74 Å². The Morgan fingerprint density at radius 2 is 2.00 bits per heavy atom. The van der Waals surface area contributed by atoms with Crippen LogP contribution in [0.1, 0.15) is 31.4 Å². The quantitative estimate of drug-likeness (QED) is 0.609. The lowest BCUT2D eigenvalue weighted by Crippen LogP contribution is -2.04. The van der Waals surface area contributed by atoms with Crippen molar-refractivity contribution in [1.29, 1.82) is 0 Å². The second-order valence-electron chi connectivity index (χ2n) is 3.77. The number of carbonyl (C=O) groups excluding carboxylic acids is 1. The Balaban J connectivity index is 2.30. The molecule has 1 unspecified atom stereocenters. The van der Waals surface area contributed by atoms with E-state index in [-0.39, 0.29) is 5.97 Å². The fourth-order valence-corrected chi connectivity index (χ4v) is 1.35. The lowest BCUT2D eigenvalue weighted by molar-refractivity contribution is -0.140. The van der Waals surface area contributed by atoms with Crippen LogP contribution in [0.15, 0.2) is 24.3 Å². The average molecular weight is 238 g/mol. The van der Waals surface area contributed by atoms with Crippen LogP contribution in [0.3, 0.4) is 0 Å². The first-order valence-corrected chi connectivity index (χ1v) is 5.61. The van der Waals surface area contributed by atoms with Gasteiger partial charge in [0.05, 0.1) is 19.8 Å². The molecule has 1 aromatic carbocycles. The van der Waals surface area contributed by atoms with Crippen LogP contribution in [0.5, 0.6) is 5.75 Å². The molecule has 1 atom stereocenters. The average Bonchev–Trinajstić information content (AvgIpc) is 2.34. The number of aliphatic hydroxyl groups excluding tert-OH is 1. The zero-order valence-corrected chi connectivity index (χ0v) is 10.2.